The zero-order valence-corrected chi connectivity index (χ0v) is 22.8. The van der Waals surface area contributed by atoms with Crippen LogP contribution in [0.25, 0.3) is 5.57 Å². The van der Waals surface area contributed by atoms with Crippen LogP contribution in [0.1, 0.15) is 60.2 Å². The minimum absolute atomic E-state index is 0.0415. The zero-order valence-electron chi connectivity index (χ0n) is 20.8. The second-order valence-corrected chi connectivity index (χ2v) is 21.6. The van der Waals surface area contributed by atoms with Crippen molar-refractivity contribution in [2.24, 2.45) is 0 Å². The monoisotopic (exact) mass is 487 g/mol. The summed E-state index contributed by atoms with van der Waals surface area (Å²) >= 11 is 0. The molecule has 0 saturated carbocycles. The van der Waals surface area contributed by atoms with E-state index < -0.39 is 40.4 Å². The summed E-state index contributed by atoms with van der Waals surface area (Å²) in [6, 6.07) is 0. The van der Waals surface area contributed by atoms with Gasteiger partial charge in [-0.05, 0) is 16.5 Å². The van der Waals surface area contributed by atoms with Gasteiger partial charge in [-0.25, -0.2) is 4.39 Å². The quantitative estimate of drug-likeness (QED) is 0.469. The molecule has 2 rings (SSSR count). The Labute approximate surface area is 191 Å². The zero-order chi connectivity index (χ0) is 24.9. The molecule has 1 aliphatic rings. The number of alkyl halides is 2. The Morgan fingerprint density at radius 2 is 1.25 bits per heavy atom. The Morgan fingerprint density at radius 3 is 1.62 bits per heavy atom. The fourth-order valence-corrected chi connectivity index (χ4v) is 4.66. The van der Waals surface area contributed by atoms with Gasteiger partial charge in [0.25, 0.3) is 5.78 Å². The summed E-state index contributed by atoms with van der Waals surface area (Å²) in [5.74, 6) is -6.55. The SMILES string of the molecule is CC(C)(C)[Si](C)(C)Nc1nc(N[Si](C)(C)C(C)(C)C)nc(C2=C(F)C(=O)C(F)(F)CC2)n1. The minimum atomic E-state index is -3.70. The maximum absolute atomic E-state index is 14.7. The van der Waals surface area contributed by atoms with Crippen molar-refractivity contribution < 1.29 is 18.0 Å². The van der Waals surface area contributed by atoms with Gasteiger partial charge in [-0.15, -0.1) is 0 Å². The molecule has 0 aromatic carbocycles. The van der Waals surface area contributed by atoms with Crippen molar-refractivity contribution in [3.8, 4) is 0 Å². The lowest BCUT2D eigenvalue weighted by molar-refractivity contribution is -0.141. The molecule has 0 bridgehead atoms. The number of anilines is 2. The molecule has 6 nitrogen and oxygen atoms in total. The predicted octanol–water partition coefficient (Wildman–Crippen LogP) is 6.38. The molecule has 0 fully saturated rings. The Morgan fingerprint density at radius 1 is 0.844 bits per heavy atom. The van der Waals surface area contributed by atoms with E-state index in [2.05, 4.69) is 92.6 Å². The first-order valence-electron chi connectivity index (χ1n) is 10.8. The van der Waals surface area contributed by atoms with Gasteiger partial charge in [0.05, 0.1) is 0 Å². The normalized spacial score (nSPS) is 18.1. The van der Waals surface area contributed by atoms with Crippen LogP contribution < -0.4 is 9.96 Å². The van der Waals surface area contributed by atoms with Crippen molar-refractivity contribution >= 4 is 39.7 Å². The lowest BCUT2D eigenvalue weighted by atomic mass is 9.93. The van der Waals surface area contributed by atoms with Crippen LogP contribution in [0.5, 0.6) is 0 Å². The second-order valence-electron chi connectivity index (χ2n) is 11.6. The van der Waals surface area contributed by atoms with E-state index in [1.165, 1.54) is 0 Å². The van der Waals surface area contributed by atoms with E-state index in [4.69, 9.17) is 0 Å². The molecule has 2 N–H and O–H groups in total. The molecule has 0 radical (unpaired) electrons. The van der Waals surface area contributed by atoms with Crippen LogP contribution in [0, 0.1) is 0 Å². The van der Waals surface area contributed by atoms with Crippen molar-refractivity contribution in [1.82, 2.24) is 15.0 Å². The average Bonchev–Trinajstić information content (AvgIpc) is 2.56. The highest BCUT2D eigenvalue weighted by Crippen LogP contribution is 2.40. The van der Waals surface area contributed by atoms with Crippen molar-refractivity contribution in [2.75, 3.05) is 9.96 Å². The molecule has 0 atom stereocenters. The van der Waals surface area contributed by atoms with Gasteiger partial charge in [0.2, 0.25) is 11.9 Å². The molecule has 180 valence electrons. The highest BCUT2D eigenvalue weighted by molar-refractivity contribution is 6.83. The third kappa shape index (κ3) is 5.41. The van der Waals surface area contributed by atoms with E-state index in [1.807, 2.05) is 0 Å². The standard InChI is InChI=1S/C21H36F3N5OSi2/c1-19(2,3)31(7,8)28-17-25-16(13-11-12-21(23,24)15(30)14(13)22)26-18(27-17)29-32(9,10)20(4,5)6/h11-12H2,1-10H3,(H2,25,26,27,28,29). The molecule has 0 amide bonds. The second kappa shape index (κ2) is 8.23. The largest absolute Gasteiger partial charge is 0.380 e. The lowest BCUT2D eigenvalue weighted by Gasteiger charge is -2.38. The summed E-state index contributed by atoms with van der Waals surface area (Å²) in [5, 5.41) is -0.0829. The lowest BCUT2D eigenvalue weighted by Crippen LogP contribution is -2.47. The number of hydrogen-bond acceptors (Lipinski definition) is 6. The highest BCUT2D eigenvalue weighted by Gasteiger charge is 2.46. The molecule has 0 saturated heterocycles. The summed E-state index contributed by atoms with van der Waals surface area (Å²) in [5.41, 5.74) is -0.195. The third-order valence-corrected chi connectivity index (χ3v) is 16.2. The van der Waals surface area contributed by atoms with Crippen LogP contribution in [0.3, 0.4) is 0 Å². The number of allylic oxidation sites excluding steroid dienone is 2. The highest BCUT2D eigenvalue weighted by atomic mass is 28.3. The number of ketones is 1. The van der Waals surface area contributed by atoms with E-state index >= 15 is 0 Å². The minimum Gasteiger partial charge on any atom is -0.380 e. The van der Waals surface area contributed by atoms with E-state index in [0.717, 1.165) is 0 Å². The van der Waals surface area contributed by atoms with Gasteiger partial charge in [0, 0.05) is 12.0 Å². The number of carbonyl (C=O) groups excluding carboxylic acids is 1. The van der Waals surface area contributed by atoms with E-state index in [1.54, 1.807) is 0 Å². The molecule has 1 aliphatic carbocycles. The number of nitrogens with zero attached hydrogens (tertiary/aromatic N) is 3. The molecule has 11 heteroatoms. The summed E-state index contributed by atoms with van der Waals surface area (Å²) in [4.78, 5) is 32.0. The number of halogens is 3. The van der Waals surface area contributed by atoms with Crippen LogP contribution in [0.15, 0.2) is 5.83 Å². The molecule has 32 heavy (non-hydrogen) atoms. The first-order valence-corrected chi connectivity index (χ1v) is 16.8. The number of hydrogen-bond donors (Lipinski definition) is 2. The van der Waals surface area contributed by atoms with Crippen molar-refractivity contribution in [3.05, 3.63) is 11.7 Å². The average molecular weight is 488 g/mol. The van der Waals surface area contributed by atoms with Crippen LogP contribution >= 0.6 is 0 Å². The number of nitrogens with one attached hydrogen (secondary N) is 2. The van der Waals surface area contributed by atoms with Crippen LogP contribution in [-0.2, 0) is 4.79 Å². The fourth-order valence-electron chi connectivity index (χ4n) is 2.57. The Bertz CT molecular complexity index is 888. The van der Waals surface area contributed by atoms with Crippen molar-refractivity contribution in [1.29, 1.82) is 0 Å². The van der Waals surface area contributed by atoms with Crippen LogP contribution in [-0.4, -0.2) is 43.1 Å². The molecular formula is C21H36F3N5OSi2. The van der Waals surface area contributed by atoms with Gasteiger partial charge >= 0.3 is 5.92 Å². The van der Waals surface area contributed by atoms with Crippen molar-refractivity contribution in [3.63, 3.8) is 0 Å². The Balaban J connectivity index is 2.62. The molecule has 0 aliphatic heterocycles. The summed E-state index contributed by atoms with van der Waals surface area (Å²) in [6.45, 7) is 21.2. The molecule has 0 unspecified atom stereocenters. The van der Waals surface area contributed by atoms with Gasteiger partial charge in [-0.3, -0.25) is 4.79 Å². The van der Waals surface area contributed by atoms with Gasteiger partial charge in [-0.1, -0.05) is 67.7 Å². The van der Waals surface area contributed by atoms with Crippen LogP contribution in [0.4, 0.5) is 25.1 Å². The molecular weight excluding hydrogens is 451 g/mol. The maximum atomic E-state index is 14.7. The summed E-state index contributed by atoms with van der Waals surface area (Å²) in [7, 11) is -4.21. The van der Waals surface area contributed by atoms with Gasteiger partial charge < -0.3 is 9.96 Å². The first-order chi connectivity index (χ1) is 14.2. The van der Waals surface area contributed by atoms with Gasteiger partial charge in [0.1, 0.15) is 0 Å². The fraction of sp³-hybridized carbons (Fsp3) is 0.714. The first kappa shape index (κ1) is 26.5. The van der Waals surface area contributed by atoms with Gasteiger partial charge in [-0.2, -0.15) is 23.7 Å². The van der Waals surface area contributed by atoms with E-state index in [9.17, 15) is 18.0 Å². The number of carbonyl (C=O) groups is 1. The molecule has 1 aromatic heterocycles. The Kier molecular flexibility index (Phi) is 6.81. The van der Waals surface area contributed by atoms with E-state index in [-0.39, 0.29) is 39.8 Å². The number of aromatic nitrogens is 3. The van der Waals surface area contributed by atoms with Gasteiger partial charge in [0.15, 0.2) is 28.1 Å². The van der Waals surface area contributed by atoms with E-state index in [0.29, 0.717) is 0 Å². The van der Waals surface area contributed by atoms with Crippen molar-refractivity contribution in [2.45, 2.75) is 96.6 Å². The topological polar surface area (TPSA) is 79.8 Å². The number of rotatable bonds is 5. The summed E-state index contributed by atoms with van der Waals surface area (Å²) < 4.78 is 42.1. The smallest absolute Gasteiger partial charge is 0.312 e. The maximum Gasteiger partial charge on any atom is 0.312 e. The van der Waals surface area contributed by atoms with Crippen LogP contribution in [0.2, 0.25) is 36.3 Å². The number of Topliss-reactive ketones (excluding diaryl/α,β-unsaturated/α-hetero) is 1. The Hall–Kier alpha value is -1.76. The third-order valence-electron chi connectivity index (χ3n) is 6.99. The molecule has 0 spiro atoms. The molecule has 1 aromatic rings. The predicted molar refractivity (Wildman–Crippen MR) is 129 cm³/mol. The summed E-state index contributed by atoms with van der Waals surface area (Å²) in [6.07, 6.45) is -1.09. The molecule has 1 heterocycles.